The zero-order valence-corrected chi connectivity index (χ0v) is 13.6. The predicted molar refractivity (Wildman–Crippen MR) is 89.0 cm³/mol. The average Bonchev–Trinajstić information content (AvgIpc) is 2.88. The van der Waals surface area contributed by atoms with Crippen LogP contribution in [0.15, 0.2) is 24.3 Å². The second-order valence-corrected chi connectivity index (χ2v) is 6.39. The monoisotopic (exact) mass is 315 g/mol. The number of carbonyl (C=O) groups excluding carboxylic acids is 2. The van der Waals surface area contributed by atoms with Gasteiger partial charge in [0.05, 0.1) is 6.54 Å². The number of urea groups is 1. The maximum atomic E-state index is 12.4. The fourth-order valence-electron chi connectivity index (χ4n) is 3.36. The number of likely N-dealkylation sites (tertiary alicyclic amines) is 1. The second-order valence-electron chi connectivity index (χ2n) is 6.39. The molecule has 1 N–H and O–H groups in total. The van der Waals surface area contributed by atoms with E-state index >= 15 is 0 Å². The molecule has 2 aliphatic heterocycles. The molecule has 3 rings (SSSR count). The van der Waals surface area contributed by atoms with Crippen LogP contribution in [0.5, 0.6) is 0 Å². The third-order valence-electron chi connectivity index (χ3n) is 4.77. The van der Waals surface area contributed by atoms with Gasteiger partial charge in [-0.05, 0) is 30.4 Å². The van der Waals surface area contributed by atoms with Crippen molar-refractivity contribution in [1.82, 2.24) is 15.1 Å². The van der Waals surface area contributed by atoms with E-state index in [0.29, 0.717) is 6.54 Å². The van der Waals surface area contributed by atoms with Gasteiger partial charge in [0.15, 0.2) is 0 Å². The normalized spacial score (nSPS) is 18.1. The molecule has 0 aromatic heterocycles. The van der Waals surface area contributed by atoms with Gasteiger partial charge in [0, 0.05) is 26.2 Å². The molecule has 1 saturated heterocycles. The average molecular weight is 315 g/mol. The third kappa shape index (κ3) is 4.03. The van der Waals surface area contributed by atoms with Crippen molar-refractivity contribution in [1.29, 1.82) is 0 Å². The van der Waals surface area contributed by atoms with Crippen LogP contribution in [-0.2, 0) is 17.8 Å². The van der Waals surface area contributed by atoms with Crippen LogP contribution in [0, 0.1) is 0 Å². The van der Waals surface area contributed by atoms with E-state index in [2.05, 4.69) is 17.4 Å². The van der Waals surface area contributed by atoms with Gasteiger partial charge in [-0.25, -0.2) is 4.79 Å². The Kier molecular flexibility index (Phi) is 5.16. The van der Waals surface area contributed by atoms with Crippen molar-refractivity contribution in [2.24, 2.45) is 0 Å². The highest BCUT2D eigenvalue weighted by Crippen LogP contribution is 2.18. The Morgan fingerprint density at radius 2 is 1.61 bits per heavy atom. The zero-order valence-electron chi connectivity index (χ0n) is 13.6. The van der Waals surface area contributed by atoms with Crippen LogP contribution in [0.25, 0.3) is 0 Å². The first-order chi connectivity index (χ1) is 11.2. The number of rotatable bonds is 2. The first-order valence-corrected chi connectivity index (χ1v) is 8.61. The molecule has 23 heavy (non-hydrogen) atoms. The first-order valence-electron chi connectivity index (χ1n) is 8.61. The smallest absolute Gasteiger partial charge is 0.317 e. The van der Waals surface area contributed by atoms with E-state index in [0.717, 1.165) is 38.9 Å². The van der Waals surface area contributed by atoms with Crippen LogP contribution >= 0.6 is 0 Å². The molecule has 0 unspecified atom stereocenters. The SMILES string of the molecule is O=C(CNC(=O)N1CCCCCC1)N1CCc2ccccc2C1. The van der Waals surface area contributed by atoms with E-state index < -0.39 is 0 Å². The Morgan fingerprint density at radius 1 is 0.913 bits per heavy atom. The molecule has 0 bridgehead atoms. The Morgan fingerprint density at radius 3 is 2.35 bits per heavy atom. The molecule has 5 heteroatoms. The predicted octanol–water partition coefficient (Wildman–Crippen LogP) is 2.16. The van der Waals surface area contributed by atoms with Crippen molar-refractivity contribution in [2.45, 2.75) is 38.6 Å². The van der Waals surface area contributed by atoms with Gasteiger partial charge < -0.3 is 15.1 Å². The fourth-order valence-corrected chi connectivity index (χ4v) is 3.36. The molecule has 5 nitrogen and oxygen atoms in total. The van der Waals surface area contributed by atoms with E-state index in [4.69, 9.17) is 0 Å². The van der Waals surface area contributed by atoms with Gasteiger partial charge in [0.2, 0.25) is 5.91 Å². The molecule has 0 saturated carbocycles. The van der Waals surface area contributed by atoms with Crippen molar-refractivity contribution in [3.63, 3.8) is 0 Å². The van der Waals surface area contributed by atoms with Crippen LogP contribution in [0.4, 0.5) is 4.79 Å². The molecule has 0 atom stereocenters. The number of nitrogens with one attached hydrogen (secondary N) is 1. The quantitative estimate of drug-likeness (QED) is 0.909. The summed E-state index contributed by atoms with van der Waals surface area (Å²) in [4.78, 5) is 28.2. The Balaban J connectivity index is 1.49. The summed E-state index contributed by atoms with van der Waals surface area (Å²) in [5, 5.41) is 2.80. The lowest BCUT2D eigenvalue weighted by Gasteiger charge is -2.29. The van der Waals surface area contributed by atoms with Crippen LogP contribution in [-0.4, -0.2) is 47.9 Å². The minimum Gasteiger partial charge on any atom is -0.336 e. The van der Waals surface area contributed by atoms with E-state index in [9.17, 15) is 9.59 Å². The number of amides is 3. The van der Waals surface area contributed by atoms with Gasteiger partial charge in [-0.2, -0.15) is 0 Å². The lowest BCUT2D eigenvalue weighted by Crippen LogP contribution is -2.46. The molecule has 1 fully saturated rings. The van der Waals surface area contributed by atoms with Gasteiger partial charge in [-0.1, -0.05) is 37.1 Å². The summed E-state index contributed by atoms with van der Waals surface area (Å²) in [5.41, 5.74) is 2.54. The minimum atomic E-state index is -0.0994. The molecule has 124 valence electrons. The number of hydrogen-bond acceptors (Lipinski definition) is 2. The number of hydrogen-bond donors (Lipinski definition) is 1. The maximum Gasteiger partial charge on any atom is 0.317 e. The van der Waals surface area contributed by atoms with Gasteiger partial charge >= 0.3 is 6.03 Å². The van der Waals surface area contributed by atoms with Crippen molar-refractivity contribution in [3.8, 4) is 0 Å². The van der Waals surface area contributed by atoms with E-state index in [1.807, 2.05) is 21.9 Å². The zero-order chi connectivity index (χ0) is 16.1. The molecule has 0 radical (unpaired) electrons. The van der Waals surface area contributed by atoms with Gasteiger partial charge in [-0.3, -0.25) is 4.79 Å². The number of nitrogens with zero attached hydrogens (tertiary/aromatic N) is 2. The fraction of sp³-hybridized carbons (Fsp3) is 0.556. The molecule has 2 aliphatic rings. The summed E-state index contributed by atoms with van der Waals surface area (Å²) >= 11 is 0. The van der Waals surface area contributed by atoms with Crippen molar-refractivity contribution < 1.29 is 9.59 Å². The topological polar surface area (TPSA) is 52.7 Å². The number of benzene rings is 1. The molecule has 1 aromatic rings. The summed E-state index contributed by atoms with van der Waals surface area (Å²) in [6.45, 7) is 3.08. The van der Waals surface area contributed by atoms with Crippen molar-refractivity contribution >= 4 is 11.9 Å². The van der Waals surface area contributed by atoms with Gasteiger partial charge in [0.1, 0.15) is 0 Å². The molecule has 3 amide bonds. The van der Waals surface area contributed by atoms with E-state index in [1.165, 1.54) is 24.0 Å². The molecule has 0 spiro atoms. The Hall–Kier alpha value is -2.04. The number of carbonyl (C=O) groups is 2. The molecule has 0 aliphatic carbocycles. The summed E-state index contributed by atoms with van der Waals surface area (Å²) in [7, 11) is 0. The highest BCUT2D eigenvalue weighted by molar-refractivity contribution is 5.84. The summed E-state index contributed by atoms with van der Waals surface area (Å²) in [6.07, 6.45) is 5.39. The first kappa shape index (κ1) is 15.8. The van der Waals surface area contributed by atoms with Crippen LogP contribution in [0.3, 0.4) is 0 Å². The summed E-state index contributed by atoms with van der Waals surface area (Å²) < 4.78 is 0. The van der Waals surface area contributed by atoms with Crippen LogP contribution < -0.4 is 5.32 Å². The van der Waals surface area contributed by atoms with Gasteiger partial charge in [-0.15, -0.1) is 0 Å². The number of fused-ring (bicyclic) bond motifs is 1. The highest BCUT2D eigenvalue weighted by atomic mass is 16.2. The second kappa shape index (κ2) is 7.49. The Labute approximate surface area is 137 Å². The molecule has 2 heterocycles. The lowest BCUT2D eigenvalue weighted by molar-refractivity contribution is -0.131. The van der Waals surface area contributed by atoms with Gasteiger partial charge in [0.25, 0.3) is 0 Å². The van der Waals surface area contributed by atoms with E-state index in [1.54, 1.807) is 0 Å². The molecular formula is C18H25N3O2. The minimum absolute atomic E-state index is 0.00248. The third-order valence-corrected chi connectivity index (χ3v) is 4.77. The van der Waals surface area contributed by atoms with Crippen molar-refractivity contribution in [3.05, 3.63) is 35.4 Å². The lowest BCUT2D eigenvalue weighted by atomic mass is 10.00. The summed E-state index contributed by atoms with van der Waals surface area (Å²) in [6, 6.07) is 8.15. The van der Waals surface area contributed by atoms with Crippen molar-refractivity contribution in [2.75, 3.05) is 26.2 Å². The molecule has 1 aromatic carbocycles. The molecular weight excluding hydrogens is 290 g/mol. The van der Waals surface area contributed by atoms with E-state index in [-0.39, 0.29) is 18.5 Å². The Bertz CT molecular complexity index is 565. The van der Waals surface area contributed by atoms with Crippen LogP contribution in [0.2, 0.25) is 0 Å². The summed E-state index contributed by atoms with van der Waals surface area (Å²) in [5.74, 6) is 0.00248. The standard InChI is InChI=1S/C18H25N3O2/c22-17(13-19-18(23)20-10-5-1-2-6-11-20)21-12-9-15-7-3-4-8-16(15)14-21/h3-4,7-8H,1-2,5-6,9-14H2,(H,19,23). The highest BCUT2D eigenvalue weighted by Gasteiger charge is 2.22. The van der Waals surface area contributed by atoms with Crippen LogP contribution in [0.1, 0.15) is 36.8 Å². The largest absolute Gasteiger partial charge is 0.336 e. The maximum absolute atomic E-state index is 12.4.